The Morgan fingerprint density at radius 3 is 2.37 bits per heavy atom. The second-order valence-corrected chi connectivity index (χ2v) is 13.5. The number of hydrogen-bond acceptors (Lipinski definition) is 8. The molecule has 5 rings (SSSR count). The summed E-state index contributed by atoms with van der Waals surface area (Å²) in [6, 6.07) is 18.2. The van der Waals surface area contributed by atoms with Crippen LogP contribution in [0.25, 0.3) is 33.5 Å². The molecular weight excluding hydrogens is 627 g/mol. The number of amides is 2. The van der Waals surface area contributed by atoms with Crippen LogP contribution >= 0.6 is 0 Å². The molecule has 0 fully saturated rings. The van der Waals surface area contributed by atoms with Crippen LogP contribution in [0.2, 0.25) is 0 Å². The molecule has 0 aliphatic carbocycles. The van der Waals surface area contributed by atoms with Gasteiger partial charge in [0.15, 0.2) is 0 Å². The molecule has 0 saturated carbocycles. The van der Waals surface area contributed by atoms with Gasteiger partial charge in [-0.2, -0.15) is 0 Å². The van der Waals surface area contributed by atoms with E-state index in [4.69, 9.17) is 24.2 Å². The molecule has 0 spiro atoms. The fourth-order valence-electron chi connectivity index (χ4n) is 4.96. The Bertz CT molecular complexity index is 1980. The molecule has 0 bridgehead atoms. The van der Waals surface area contributed by atoms with Crippen LogP contribution in [0.3, 0.4) is 0 Å². The molecule has 256 valence electrons. The minimum absolute atomic E-state index is 0.0137. The molecule has 0 saturated heterocycles. The number of carbonyl (C=O) groups excluding carboxylic acids is 2. The van der Waals surface area contributed by atoms with E-state index in [2.05, 4.69) is 20.6 Å². The van der Waals surface area contributed by atoms with Crippen LogP contribution in [0.5, 0.6) is 5.75 Å². The Hall–Kier alpha value is -5.52. The molecule has 3 aromatic heterocycles. The number of imidazole rings is 1. The van der Waals surface area contributed by atoms with E-state index in [-0.39, 0.29) is 25.3 Å². The summed E-state index contributed by atoms with van der Waals surface area (Å²) >= 11 is 0. The fourth-order valence-corrected chi connectivity index (χ4v) is 4.96. The number of nitrogens with one attached hydrogen (secondary N) is 3. The van der Waals surface area contributed by atoms with E-state index in [0.29, 0.717) is 34.2 Å². The Balaban J connectivity index is 1.41. The summed E-state index contributed by atoms with van der Waals surface area (Å²) in [4.78, 5) is 41.8. The maximum atomic E-state index is 15.6. The van der Waals surface area contributed by atoms with Gasteiger partial charge >= 0.3 is 12.2 Å². The van der Waals surface area contributed by atoms with Crippen molar-refractivity contribution in [2.45, 2.75) is 66.1 Å². The third kappa shape index (κ3) is 9.53. The minimum atomic E-state index is -0.742. The average Bonchev–Trinajstić information content (AvgIpc) is 3.43. The summed E-state index contributed by atoms with van der Waals surface area (Å²) in [6.45, 7) is 13.0. The Morgan fingerprint density at radius 2 is 1.63 bits per heavy atom. The van der Waals surface area contributed by atoms with Gasteiger partial charge < -0.3 is 24.5 Å². The summed E-state index contributed by atoms with van der Waals surface area (Å²) in [5.41, 5.74) is 3.41. The zero-order valence-corrected chi connectivity index (χ0v) is 28.7. The fraction of sp³-hybridized carbons (Fsp3) is 0.324. The number of ether oxygens (including phenoxy) is 3. The van der Waals surface area contributed by atoms with Crippen LogP contribution in [-0.4, -0.2) is 56.5 Å². The van der Waals surface area contributed by atoms with Crippen LogP contribution in [0.1, 0.15) is 58.6 Å². The van der Waals surface area contributed by atoms with Crippen molar-refractivity contribution in [3.8, 4) is 28.4 Å². The molecule has 0 aliphatic rings. The minimum Gasteiger partial charge on any atom is -0.490 e. The van der Waals surface area contributed by atoms with Crippen molar-refractivity contribution in [2.75, 3.05) is 18.5 Å². The summed E-state index contributed by atoms with van der Waals surface area (Å²) in [7, 11) is 0. The van der Waals surface area contributed by atoms with Gasteiger partial charge in [0.05, 0.1) is 41.0 Å². The summed E-state index contributed by atoms with van der Waals surface area (Å²) in [5.74, 6) is 0.468. The monoisotopic (exact) mass is 668 g/mol. The number of H-pyrrole nitrogens is 1. The van der Waals surface area contributed by atoms with Gasteiger partial charge in [-0.1, -0.05) is 24.3 Å². The average molecular weight is 669 g/mol. The van der Waals surface area contributed by atoms with E-state index in [1.54, 1.807) is 59.9 Å². The SMILES string of the molecule is Cc1cccc(-c2[nH]c(Cc3cccc(NC(=O)OC(C)(C)C)c3F)nc2-c2ccc3ncc(OCCNC(=O)OC(C)(C)C)cc3c2)n1. The zero-order chi connectivity index (χ0) is 35.3. The highest BCUT2D eigenvalue weighted by molar-refractivity contribution is 5.88. The maximum Gasteiger partial charge on any atom is 0.412 e. The van der Waals surface area contributed by atoms with Gasteiger partial charge in [0.25, 0.3) is 0 Å². The highest BCUT2D eigenvalue weighted by atomic mass is 19.1. The molecule has 5 aromatic rings. The Labute approximate surface area is 284 Å². The van der Waals surface area contributed by atoms with Gasteiger partial charge in [0.2, 0.25) is 0 Å². The van der Waals surface area contributed by atoms with E-state index < -0.39 is 29.2 Å². The van der Waals surface area contributed by atoms with E-state index >= 15 is 4.39 Å². The summed E-state index contributed by atoms with van der Waals surface area (Å²) < 4.78 is 32.0. The largest absolute Gasteiger partial charge is 0.490 e. The van der Waals surface area contributed by atoms with Crippen LogP contribution in [0, 0.1) is 12.7 Å². The molecule has 0 radical (unpaired) electrons. The number of benzene rings is 2. The highest BCUT2D eigenvalue weighted by Crippen LogP contribution is 2.33. The predicted octanol–water partition coefficient (Wildman–Crippen LogP) is 7.98. The van der Waals surface area contributed by atoms with Gasteiger partial charge in [0.1, 0.15) is 35.2 Å². The number of aromatic amines is 1. The number of alkyl carbamates (subject to hydrolysis) is 1. The lowest BCUT2D eigenvalue weighted by Crippen LogP contribution is -2.34. The first-order chi connectivity index (χ1) is 23.1. The molecule has 2 aromatic carbocycles. The molecule has 3 N–H and O–H groups in total. The molecule has 12 heteroatoms. The second kappa shape index (κ2) is 14.3. The Kier molecular flexibility index (Phi) is 10.2. The number of pyridine rings is 2. The van der Waals surface area contributed by atoms with E-state index in [1.165, 1.54) is 6.07 Å². The van der Waals surface area contributed by atoms with Crippen LogP contribution < -0.4 is 15.4 Å². The highest BCUT2D eigenvalue weighted by Gasteiger charge is 2.21. The number of aryl methyl sites for hydroxylation is 1. The van der Waals surface area contributed by atoms with Crippen molar-refractivity contribution in [3.63, 3.8) is 0 Å². The number of hydrogen-bond donors (Lipinski definition) is 3. The van der Waals surface area contributed by atoms with E-state index in [1.807, 2.05) is 49.4 Å². The zero-order valence-electron chi connectivity index (χ0n) is 28.7. The standard InChI is InChI=1S/C37H41FN6O5/c1-22-10-8-13-29(41-22)33-32(43-30(44-33)20-23-11-9-12-28(31(23)38)42-35(46)49-37(5,6)7)24-14-15-27-25(18-24)19-26(21-40-27)47-17-16-39-34(45)48-36(2,3)4/h8-15,18-19,21H,16-17,20H2,1-7H3,(H,39,45)(H,42,46)(H,43,44). The molecule has 2 amide bonds. The van der Waals surface area contributed by atoms with Gasteiger partial charge in [-0.05, 0) is 90.4 Å². The van der Waals surface area contributed by atoms with Crippen molar-refractivity contribution in [3.05, 3.63) is 89.8 Å². The van der Waals surface area contributed by atoms with Crippen LogP contribution in [-0.2, 0) is 15.9 Å². The Morgan fingerprint density at radius 1 is 0.898 bits per heavy atom. The maximum absolute atomic E-state index is 15.6. The number of carbonyl (C=O) groups is 2. The van der Waals surface area contributed by atoms with Crippen molar-refractivity contribution in [1.29, 1.82) is 0 Å². The normalized spacial score (nSPS) is 11.7. The molecule has 11 nitrogen and oxygen atoms in total. The molecule has 0 atom stereocenters. The summed E-state index contributed by atoms with van der Waals surface area (Å²) in [6.07, 6.45) is 0.500. The van der Waals surface area contributed by atoms with Crippen molar-refractivity contribution in [1.82, 2.24) is 25.3 Å². The van der Waals surface area contributed by atoms with Crippen molar-refractivity contribution >= 4 is 28.8 Å². The van der Waals surface area contributed by atoms with E-state index in [9.17, 15) is 9.59 Å². The number of anilines is 1. The molecule has 0 unspecified atom stereocenters. The lowest BCUT2D eigenvalue weighted by molar-refractivity contribution is 0.0519. The molecular formula is C37H41FN6O5. The molecule has 3 heterocycles. The van der Waals surface area contributed by atoms with Gasteiger partial charge in [0, 0.05) is 23.1 Å². The second-order valence-electron chi connectivity index (χ2n) is 13.5. The summed E-state index contributed by atoms with van der Waals surface area (Å²) in [5, 5.41) is 5.99. The van der Waals surface area contributed by atoms with Gasteiger partial charge in [-0.15, -0.1) is 0 Å². The van der Waals surface area contributed by atoms with Crippen molar-refractivity contribution in [2.24, 2.45) is 0 Å². The lowest BCUT2D eigenvalue weighted by Gasteiger charge is -2.20. The number of nitrogens with zero attached hydrogens (tertiary/aromatic N) is 3. The number of rotatable bonds is 9. The van der Waals surface area contributed by atoms with Crippen LogP contribution in [0.4, 0.5) is 19.7 Å². The predicted molar refractivity (Wildman–Crippen MR) is 186 cm³/mol. The first-order valence-corrected chi connectivity index (χ1v) is 15.9. The number of fused-ring (bicyclic) bond motifs is 1. The third-order valence-corrected chi connectivity index (χ3v) is 6.94. The third-order valence-electron chi connectivity index (χ3n) is 6.94. The smallest absolute Gasteiger partial charge is 0.412 e. The van der Waals surface area contributed by atoms with Crippen LogP contribution in [0.15, 0.2) is 66.9 Å². The molecule has 49 heavy (non-hydrogen) atoms. The van der Waals surface area contributed by atoms with E-state index in [0.717, 1.165) is 22.2 Å². The van der Waals surface area contributed by atoms with Gasteiger partial charge in [-0.3, -0.25) is 15.3 Å². The first kappa shape index (κ1) is 34.8. The molecule has 0 aliphatic heterocycles. The van der Waals surface area contributed by atoms with Crippen molar-refractivity contribution < 1.29 is 28.2 Å². The topological polar surface area (TPSA) is 140 Å². The first-order valence-electron chi connectivity index (χ1n) is 15.9. The number of halogens is 1. The lowest BCUT2D eigenvalue weighted by atomic mass is 10.1. The van der Waals surface area contributed by atoms with Gasteiger partial charge in [-0.25, -0.2) is 19.0 Å². The number of aromatic nitrogens is 4. The quantitative estimate of drug-likeness (QED) is 0.134.